The van der Waals surface area contributed by atoms with Gasteiger partial charge in [0.25, 0.3) is 5.91 Å². The number of aryl methyl sites for hydroxylation is 1. The second-order valence-electron chi connectivity index (χ2n) is 6.71. The molecule has 2 aromatic heterocycles. The third-order valence-electron chi connectivity index (χ3n) is 5.24. The van der Waals surface area contributed by atoms with Crippen LogP contribution in [-0.4, -0.2) is 37.8 Å². The van der Waals surface area contributed by atoms with E-state index in [1.54, 1.807) is 12.4 Å². The fourth-order valence-electron chi connectivity index (χ4n) is 3.95. The Morgan fingerprint density at radius 3 is 2.60 bits per heavy atom. The van der Waals surface area contributed by atoms with Gasteiger partial charge in [-0.2, -0.15) is 0 Å². The summed E-state index contributed by atoms with van der Waals surface area (Å²) in [6.07, 6.45) is 8.94. The molecule has 2 atom stereocenters. The number of benzene rings is 1. The lowest BCUT2D eigenvalue weighted by Gasteiger charge is -2.27. The maximum atomic E-state index is 13.2. The predicted octanol–water partition coefficient (Wildman–Crippen LogP) is 3.45. The Morgan fingerprint density at radius 1 is 1.16 bits per heavy atom. The number of fused-ring (bicyclic) bond motifs is 1. The molecular weight excluding hydrogens is 312 g/mol. The summed E-state index contributed by atoms with van der Waals surface area (Å²) < 4.78 is 1.84. The van der Waals surface area contributed by atoms with Gasteiger partial charge in [0.1, 0.15) is 0 Å². The third-order valence-corrected chi connectivity index (χ3v) is 5.24. The lowest BCUT2D eigenvalue weighted by atomic mass is 9.90. The van der Waals surface area contributed by atoms with Crippen molar-refractivity contribution in [2.75, 3.05) is 6.54 Å². The quantitative estimate of drug-likeness (QED) is 0.737. The molecule has 128 valence electrons. The SMILES string of the molecule is CC[C@@H]1[C@@H](c2ccc(C)cc2)CCN1C(=O)c1nccn2ccnc12. The molecule has 1 amide bonds. The van der Waals surface area contributed by atoms with Crippen LogP contribution in [0.25, 0.3) is 5.65 Å². The van der Waals surface area contributed by atoms with E-state index in [1.165, 1.54) is 11.1 Å². The molecule has 3 heterocycles. The van der Waals surface area contributed by atoms with Gasteiger partial charge in [0.15, 0.2) is 11.3 Å². The largest absolute Gasteiger partial charge is 0.334 e. The topological polar surface area (TPSA) is 50.5 Å². The predicted molar refractivity (Wildman–Crippen MR) is 96.6 cm³/mol. The van der Waals surface area contributed by atoms with E-state index < -0.39 is 0 Å². The van der Waals surface area contributed by atoms with Crippen molar-refractivity contribution >= 4 is 11.6 Å². The van der Waals surface area contributed by atoms with E-state index >= 15 is 0 Å². The number of carbonyl (C=O) groups is 1. The molecule has 0 saturated carbocycles. The number of amides is 1. The number of aromatic nitrogens is 3. The molecule has 0 bridgehead atoms. The Morgan fingerprint density at radius 2 is 1.88 bits per heavy atom. The van der Waals surface area contributed by atoms with Crippen LogP contribution in [0.4, 0.5) is 0 Å². The molecule has 0 aliphatic carbocycles. The molecule has 0 spiro atoms. The molecule has 0 radical (unpaired) electrons. The lowest BCUT2D eigenvalue weighted by Crippen LogP contribution is -2.37. The maximum absolute atomic E-state index is 13.2. The second kappa shape index (κ2) is 6.31. The van der Waals surface area contributed by atoms with Crippen molar-refractivity contribution in [3.63, 3.8) is 0 Å². The van der Waals surface area contributed by atoms with Gasteiger partial charge in [0, 0.05) is 43.3 Å². The minimum atomic E-state index is -0.0155. The normalized spacial score (nSPS) is 20.3. The Bertz CT molecular complexity index is 899. The van der Waals surface area contributed by atoms with Crippen molar-refractivity contribution in [3.05, 3.63) is 65.9 Å². The van der Waals surface area contributed by atoms with Crippen LogP contribution < -0.4 is 0 Å². The highest BCUT2D eigenvalue weighted by Crippen LogP contribution is 2.36. The van der Waals surface area contributed by atoms with E-state index in [-0.39, 0.29) is 11.9 Å². The summed E-state index contributed by atoms with van der Waals surface area (Å²) in [6.45, 7) is 5.02. The average Bonchev–Trinajstić information content (AvgIpc) is 3.28. The molecule has 1 aliphatic rings. The monoisotopic (exact) mass is 334 g/mol. The van der Waals surface area contributed by atoms with Crippen molar-refractivity contribution in [2.24, 2.45) is 0 Å². The van der Waals surface area contributed by atoms with Crippen molar-refractivity contribution in [3.8, 4) is 0 Å². The fourth-order valence-corrected chi connectivity index (χ4v) is 3.95. The van der Waals surface area contributed by atoms with Gasteiger partial charge in [0.2, 0.25) is 0 Å². The Balaban J connectivity index is 1.65. The van der Waals surface area contributed by atoms with Crippen molar-refractivity contribution in [2.45, 2.75) is 38.6 Å². The van der Waals surface area contributed by atoms with Crippen LogP contribution in [-0.2, 0) is 0 Å². The first kappa shape index (κ1) is 15.8. The second-order valence-corrected chi connectivity index (χ2v) is 6.71. The van der Waals surface area contributed by atoms with E-state index in [2.05, 4.69) is 48.1 Å². The van der Waals surface area contributed by atoms with Crippen LogP contribution in [0.5, 0.6) is 0 Å². The Kier molecular flexibility index (Phi) is 3.99. The highest BCUT2D eigenvalue weighted by atomic mass is 16.2. The summed E-state index contributed by atoms with van der Waals surface area (Å²) in [5.41, 5.74) is 3.65. The van der Waals surface area contributed by atoms with E-state index in [0.29, 0.717) is 17.3 Å². The van der Waals surface area contributed by atoms with Gasteiger partial charge in [-0.05, 0) is 25.3 Å². The molecule has 5 heteroatoms. The standard InChI is InChI=1S/C20H22N4O/c1-3-17-16(15-6-4-14(2)5-7-15)8-11-24(17)20(25)18-19-22-10-13-23(19)12-9-21-18/h4-7,9-10,12-13,16-17H,3,8,11H2,1-2H3/t16-,17-/m1/s1. The van der Waals surface area contributed by atoms with Crippen LogP contribution in [0.3, 0.4) is 0 Å². The van der Waals surface area contributed by atoms with Gasteiger partial charge in [-0.15, -0.1) is 0 Å². The number of hydrogen-bond acceptors (Lipinski definition) is 3. The first-order chi connectivity index (χ1) is 12.2. The van der Waals surface area contributed by atoms with Gasteiger partial charge in [-0.25, -0.2) is 9.97 Å². The van der Waals surface area contributed by atoms with Crippen LogP contribution in [0.2, 0.25) is 0 Å². The van der Waals surface area contributed by atoms with E-state index in [4.69, 9.17) is 0 Å². The summed E-state index contributed by atoms with van der Waals surface area (Å²) in [7, 11) is 0. The molecule has 0 unspecified atom stereocenters. The smallest absolute Gasteiger partial charge is 0.276 e. The molecule has 5 nitrogen and oxygen atoms in total. The van der Waals surface area contributed by atoms with Crippen LogP contribution in [0.15, 0.2) is 49.1 Å². The Labute approximate surface area is 147 Å². The number of imidazole rings is 1. The van der Waals surface area contributed by atoms with Crippen LogP contribution in [0.1, 0.15) is 47.3 Å². The summed E-state index contributed by atoms with van der Waals surface area (Å²) in [5, 5.41) is 0. The van der Waals surface area contributed by atoms with Crippen LogP contribution in [0, 0.1) is 6.92 Å². The fraction of sp³-hybridized carbons (Fsp3) is 0.350. The van der Waals surface area contributed by atoms with Gasteiger partial charge < -0.3 is 9.30 Å². The first-order valence-electron chi connectivity index (χ1n) is 8.84. The van der Waals surface area contributed by atoms with Gasteiger partial charge in [0.05, 0.1) is 0 Å². The molecule has 1 saturated heterocycles. The summed E-state index contributed by atoms with van der Waals surface area (Å²) in [4.78, 5) is 23.8. The molecule has 0 N–H and O–H groups in total. The highest BCUT2D eigenvalue weighted by Gasteiger charge is 2.38. The summed E-state index contributed by atoms with van der Waals surface area (Å²) in [6, 6.07) is 8.90. The lowest BCUT2D eigenvalue weighted by molar-refractivity contribution is 0.0722. The van der Waals surface area contributed by atoms with Gasteiger partial charge in [-0.3, -0.25) is 4.79 Å². The minimum Gasteiger partial charge on any atom is -0.334 e. The van der Waals surface area contributed by atoms with Crippen molar-refractivity contribution in [1.29, 1.82) is 0 Å². The zero-order chi connectivity index (χ0) is 17.4. The molecule has 25 heavy (non-hydrogen) atoms. The van der Waals surface area contributed by atoms with E-state index in [1.807, 2.05) is 21.7 Å². The number of rotatable bonds is 3. The third kappa shape index (κ3) is 2.69. The Hall–Kier alpha value is -2.69. The molecule has 1 aliphatic heterocycles. The number of likely N-dealkylation sites (tertiary alicyclic amines) is 1. The van der Waals surface area contributed by atoms with Crippen molar-refractivity contribution in [1.82, 2.24) is 19.3 Å². The zero-order valence-electron chi connectivity index (χ0n) is 14.6. The molecule has 3 aromatic rings. The summed E-state index contributed by atoms with van der Waals surface area (Å²) >= 11 is 0. The number of nitrogens with zero attached hydrogens (tertiary/aromatic N) is 4. The van der Waals surface area contributed by atoms with E-state index in [9.17, 15) is 4.79 Å². The summed E-state index contributed by atoms with van der Waals surface area (Å²) in [5.74, 6) is 0.368. The van der Waals surface area contributed by atoms with Crippen LogP contribution >= 0.6 is 0 Å². The van der Waals surface area contributed by atoms with E-state index in [0.717, 1.165) is 19.4 Å². The molecular formula is C20H22N4O. The molecule has 1 fully saturated rings. The molecule has 1 aromatic carbocycles. The van der Waals surface area contributed by atoms with Gasteiger partial charge >= 0.3 is 0 Å². The number of hydrogen-bond donors (Lipinski definition) is 0. The maximum Gasteiger partial charge on any atom is 0.276 e. The van der Waals surface area contributed by atoms with Crippen molar-refractivity contribution < 1.29 is 4.79 Å². The minimum absolute atomic E-state index is 0.0155. The number of carbonyl (C=O) groups excluding carboxylic acids is 1. The first-order valence-corrected chi connectivity index (χ1v) is 8.84. The average molecular weight is 334 g/mol. The van der Waals surface area contributed by atoms with Gasteiger partial charge in [-0.1, -0.05) is 36.8 Å². The molecule has 4 rings (SSSR count). The highest BCUT2D eigenvalue weighted by molar-refractivity contribution is 5.98. The zero-order valence-corrected chi connectivity index (χ0v) is 14.6.